The number of likely N-dealkylation sites (N-methyl/N-ethyl adjacent to an activating group) is 1. The Kier molecular flexibility index (Phi) is 14.3. The van der Waals surface area contributed by atoms with Crippen molar-refractivity contribution in [3.63, 3.8) is 0 Å². The molecule has 3 aromatic rings. The van der Waals surface area contributed by atoms with Gasteiger partial charge in [-0.15, -0.1) is 4.83 Å². The van der Waals surface area contributed by atoms with Crippen molar-refractivity contribution in [2.45, 2.75) is 55.9 Å². The highest BCUT2D eigenvalue weighted by Crippen LogP contribution is 2.21. The highest BCUT2D eigenvalue weighted by Gasteiger charge is 2.28. The van der Waals surface area contributed by atoms with Crippen LogP contribution in [0.4, 0.5) is 0 Å². The number of rotatable bonds is 18. The highest BCUT2D eigenvalue weighted by atomic mass is 32.2. The number of hydrogen-bond acceptors (Lipinski definition) is 8. The molecule has 0 spiro atoms. The van der Waals surface area contributed by atoms with E-state index in [0.717, 1.165) is 9.87 Å². The summed E-state index contributed by atoms with van der Waals surface area (Å²) in [5.41, 5.74) is 1.37. The number of hydrazine groups is 1. The van der Waals surface area contributed by atoms with Crippen LogP contribution in [0.1, 0.15) is 58.5 Å². The van der Waals surface area contributed by atoms with Crippen LogP contribution in [-0.2, 0) is 32.2 Å². The number of amides is 2. The molecule has 3 N–H and O–H groups in total. The van der Waals surface area contributed by atoms with Crippen molar-refractivity contribution in [2.75, 3.05) is 40.8 Å². The van der Waals surface area contributed by atoms with Crippen LogP contribution < -0.4 is 10.1 Å². The third-order valence-corrected chi connectivity index (χ3v) is 10.6. The first-order chi connectivity index (χ1) is 22.7. The van der Waals surface area contributed by atoms with Crippen molar-refractivity contribution in [3.8, 4) is 0 Å². The predicted molar refractivity (Wildman–Crippen MR) is 186 cm³/mol. The average Bonchev–Trinajstić information content (AvgIpc) is 3.04. The summed E-state index contributed by atoms with van der Waals surface area (Å²) in [5, 5.41) is 15.4. The number of carbonyl (C=O) groups is 2. The van der Waals surface area contributed by atoms with Crippen LogP contribution in [0.2, 0.25) is 0 Å². The van der Waals surface area contributed by atoms with E-state index >= 15 is 0 Å². The molecule has 262 valence electrons. The van der Waals surface area contributed by atoms with Gasteiger partial charge in [0.05, 0.1) is 22.8 Å². The zero-order valence-electron chi connectivity index (χ0n) is 28.2. The predicted octanol–water partition coefficient (Wildman–Crippen LogP) is 2.87. The molecule has 0 radical (unpaired) electrons. The maximum atomic E-state index is 13.8. The summed E-state index contributed by atoms with van der Waals surface area (Å²) in [6.07, 6.45) is 0.314. The van der Waals surface area contributed by atoms with Gasteiger partial charge in [0.25, 0.3) is 11.8 Å². The number of hydrogen-bond donors (Lipinski definition) is 3. The van der Waals surface area contributed by atoms with E-state index in [1.165, 1.54) is 44.4 Å². The summed E-state index contributed by atoms with van der Waals surface area (Å²) < 4.78 is 53.0. The van der Waals surface area contributed by atoms with Gasteiger partial charge in [-0.05, 0) is 48.6 Å². The number of aliphatic hydroxyl groups is 1. The van der Waals surface area contributed by atoms with E-state index < -0.39 is 44.0 Å². The van der Waals surface area contributed by atoms with Gasteiger partial charge in [0, 0.05) is 51.9 Å². The molecule has 12 nitrogen and oxygen atoms in total. The molecule has 0 aliphatic rings. The molecule has 3 aromatic carbocycles. The molecule has 0 bridgehead atoms. The first-order valence-electron chi connectivity index (χ1n) is 15.8. The molecule has 0 saturated heterocycles. The molecule has 0 aliphatic carbocycles. The Balaban J connectivity index is 1.92. The maximum Gasteiger partial charge on any atom is 0.253 e. The fraction of sp³-hybridized carbons (Fsp3) is 0.412. The molecule has 0 aromatic heterocycles. The summed E-state index contributed by atoms with van der Waals surface area (Å²) in [5.74, 6) is -1.36. The zero-order valence-corrected chi connectivity index (χ0v) is 29.8. The minimum absolute atomic E-state index is 0.0534. The Labute approximate surface area is 284 Å². The topological polar surface area (TPSA) is 156 Å². The molecule has 0 heterocycles. The smallest absolute Gasteiger partial charge is 0.253 e. The molecule has 2 atom stereocenters. The Morgan fingerprint density at radius 1 is 0.792 bits per heavy atom. The third kappa shape index (κ3) is 11.2. The fourth-order valence-electron chi connectivity index (χ4n) is 5.16. The van der Waals surface area contributed by atoms with Crippen molar-refractivity contribution in [2.24, 2.45) is 0 Å². The lowest BCUT2D eigenvalue weighted by Crippen LogP contribution is -2.52. The van der Waals surface area contributed by atoms with Crippen LogP contribution in [0.5, 0.6) is 0 Å². The number of aliphatic hydroxyl groups excluding tert-OH is 1. The van der Waals surface area contributed by atoms with Gasteiger partial charge >= 0.3 is 0 Å². The van der Waals surface area contributed by atoms with Crippen molar-refractivity contribution in [1.82, 2.24) is 24.4 Å². The van der Waals surface area contributed by atoms with Gasteiger partial charge < -0.3 is 15.3 Å². The van der Waals surface area contributed by atoms with Crippen molar-refractivity contribution in [1.29, 1.82) is 0 Å². The Bertz CT molecular complexity index is 1710. The second-order valence-corrected chi connectivity index (χ2v) is 15.7. The third-order valence-electron chi connectivity index (χ3n) is 7.50. The number of sulfonamides is 2. The lowest BCUT2D eigenvalue weighted by Gasteiger charge is -2.28. The zero-order chi connectivity index (χ0) is 35.5. The summed E-state index contributed by atoms with van der Waals surface area (Å²) >= 11 is 0. The standard InChI is InChI=1S/C34H47N5O7S2/c1-6-18-39(19-7-2)34(42)29-21-28(22-30(23-29)48(45,46)37(3)4)33(41)35-31(20-26-14-10-8-11-15-26)32(40)24-38(5)36-47(43,44)25-27-16-12-9-13-17-27/h8-17,21-23,31-32,36,40H,6-7,18-20,24-25H2,1-5H3,(H,35,41). The molecule has 48 heavy (non-hydrogen) atoms. The van der Waals surface area contributed by atoms with Crippen LogP contribution in [-0.4, -0.2) is 101 Å². The van der Waals surface area contributed by atoms with Gasteiger partial charge in [0.15, 0.2) is 0 Å². The van der Waals surface area contributed by atoms with E-state index in [9.17, 15) is 31.5 Å². The largest absolute Gasteiger partial charge is 0.390 e. The first-order valence-corrected chi connectivity index (χ1v) is 18.9. The van der Waals surface area contributed by atoms with Gasteiger partial charge in [-0.2, -0.15) is 0 Å². The Hall–Kier alpha value is -3.66. The number of nitrogens with one attached hydrogen (secondary N) is 2. The van der Waals surface area contributed by atoms with Crippen LogP contribution in [0.3, 0.4) is 0 Å². The van der Waals surface area contributed by atoms with Crippen molar-refractivity contribution >= 4 is 31.9 Å². The highest BCUT2D eigenvalue weighted by molar-refractivity contribution is 7.89. The molecule has 0 aliphatic heterocycles. The Morgan fingerprint density at radius 2 is 1.33 bits per heavy atom. The van der Waals surface area contributed by atoms with Crippen molar-refractivity contribution < 1.29 is 31.5 Å². The molecule has 2 unspecified atom stereocenters. The molecular formula is C34H47N5O7S2. The second-order valence-electron chi connectivity index (χ2n) is 11.9. The van der Waals surface area contributed by atoms with Gasteiger partial charge in [-0.1, -0.05) is 74.5 Å². The van der Waals surface area contributed by atoms with Gasteiger partial charge in [0.2, 0.25) is 20.0 Å². The van der Waals surface area contributed by atoms with Gasteiger partial charge in [-0.25, -0.2) is 26.1 Å². The van der Waals surface area contributed by atoms with Crippen LogP contribution in [0.25, 0.3) is 0 Å². The molecule has 0 saturated carbocycles. The Morgan fingerprint density at radius 3 is 1.88 bits per heavy atom. The summed E-state index contributed by atoms with van der Waals surface area (Å²) in [7, 11) is -3.64. The van der Waals surface area contributed by atoms with E-state index in [-0.39, 0.29) is 34.7 Å². The molecule has 3 rings (SSSR count). The monoisotopic (exact) mass is 701 g/mol. The maximum absolute atomic E-state index is 13.8. The quantitative estimate of drug-likeness (QED) is 0.171. The average molecular weight is 702 g/mol. The SMILES string of the molecule is CCCN(CCC)C(=O)c1cc(C(=O)NC(Cc2ccccc2)C(O)CN(C)NS(=O)(=O)Cc2ccccc2)cc(S(=O)(=O)N(C)C)c1. The van der Waals surface area contributed by atoms with Gasteiger partial charge in [0.1, 0.15) is 0 Å². The minimum atomic E-state index is -4.03. The van der Waals surface area contributed by atoms with Gasteiger partial charge in [-0.3, -0.25) is 9.59 Å². The molecule has 2 amide bonds. The van der Waals surface area contributed by atoms with Crippen LogP contribution in [0, 0.1) is 0 Å². The van der Waals surface area contributed by atoms with E-state index in [2.05, 4.69) is 10.1 Å². The summed E-state index contributed by atoms with van der Waals surface area (Å²) in [4.78, 5) is 31.2. The lowest BCUT2D eigenvalue weighted by atomic mass is 10.00. The van der Waals surface area contributed by atoms with E-state index in [0.29, 0.717) is 31.5 Å². The summed E-state index contributed by atoms with van der Waals surface area (Å²) in [6.45, 7) is 4.62. The lowest BCUT2D eigenvalue weighted by molar-refractivity contribution is 0.0687. The minimum Gasteiger partial charge on any atom is -0.390 e. The summed E-state index contributed by atoms with van der Waals surface area (Å²) in [6, 6.07) is 20.7. The fourth-order valence-corrected chi connectivity index (χ4v) is 7.38. The van der Waals surface area contributed by atoms with E-state index in [1.54, 1.807) is 35.2 Å². The van der Waals surface area contributed by atoms with E-state index in [1.807, 2.05) is 44.2 Å². The number of benzene rings is 3. The second kappa shape index (κ2) is 17.7. The molecule has 14 heteroatoms. The van der Waals surface area contributed by atoms with Crippen LogP contribution in [0.15, 0.2) is 83.8 Å². The first kappa shape index (κ1) is 38.8. The van der Waals surface area contributed by atoms with Crippen LogP contribution >= 0.6 is 0 Å². The normalized spacial score (nSPS) is 13.3. The van der Waals surface area contributed by atoms with Crippen molar-refractivity contribution in [3.05, 3.63) is 101 Å². The molecule has 0 fully saturated rings. The number of carbonyl (C=O) groups excluding carboxylic acids is 2. The number of nitrogens with zero attached hydrogens (tertiary/aromatic N) is 3. The molecular weight excluding hydrogens is 655 g/mol. The van der Waals surface area contributed by atoms with E-state index in [4.69, 9.17) is 0 Å².